The first-order chi connectivity index (χ1) is 13.7. The first-order valence-electron chi connectivity index (χ1n) is 10.8. The van der Waals surface area contributed by atoms with Crippen LogP contribution in [-0.4, -0.2) is 66.0 Å². The van der Waals surface area contributed by atoms with Crippen LogP contribution in [0.5, 0.6) is 0 Å². The van der Waals surface area contributed by atoms with Gasteiger partial charge < -0.3 is 9.80 Å². The molecule has 6 nitrogen and oxygen atoms in total. The van der Waals surface area contributed by atoms with E-state index in [0.717, 1.165) is 89.3 Å². The van der Waals surface area contributed by atoms with E-state index in [2.05, 4.69) is 25.8 Å². The third-order valence-corrected chi connectivity index (χ3v) is 6.64. The Morgan fingerprint density at radius 2 is 1.82 bits per heavy atom. The first kappa shape index (κ1) is 19.2. The summed E-state index contributed by atoms with van der Waals surface area (Å²) >= 11 is 0. The molecule has 0 spiro atoms. The van der Waals surface area contributed by atoms with Crippen molar-refractivity contribution in [3.8, 4) is 6.07 Å². The summed E-state index contributed by atoms with van der Waals surface area (Å²) in [5.74, 6) is 1.41. The molecule has 28 heavy (non-hydrogen) atoms. The minimum atomic E-state index is 0.188. The predicted molar refractivity (Wildman–Crippen MR) is 109 cm³/mol. The number of nitrogens with zero attached hydrogens (tertiary/aromatic N) is 5. The minimum absolute atomic E-state index is 0.188. The van der Waals surface area contributed by atoms with Gasteiger partial charge in [0.1, 0.15) is 11.9 Å². The van der Waals surface area contributed by atoms with E-state index in [9.17, 15) is 10.1 Å². The van der Waals surface area contributed by atoms with Crippen LogP contribution in [-0.2, 0) is 4.79 Å². The molecule has 0 saturated carbocycles. The highest BCUT2D eigenvalue weighted by atomic mass is 16.2. The number of piperidine rings is 2. The smallest absolute Gasteiger partial charge is 0.226 e. The van der Waals surface area contributed by atoms with Gasteiger partial charge in [0.2, 0.25) is 5.91 Å². The van der Waals surface area contributed by atoms with Crippen molar-refractivity contribution in [2.75, 3.05) is 44.2 Å². The van der Waals surface area contributed by atoms with Crippen LogP contribution in [0.15, 0.2) is 12.1 Å². The Labute approximate surface area is 168 Å². The molecule has 0 radical (unpaired) electrons. The molecule has 6 heteroatoms. The lowest BCUT2D eigenvalue weighted by atomic mass is 9.93. The van der Waals surface area contributed by atoms with Crippen LogP contribution in [0, 0.1) is 24.2 Å². The van der Waals surface area contributed by atoms with Gasteiger partial charge in [-0.2, -0.15) is 5.26 Å². The Balaban J connectivity index is 1.35. The Morgan fingerprint density at radius 3 is 2.54 bits per heavy atom. The Bertz CT molecular complexity index is 744. The largest absolute Gasteiger partial charge is 0.355 e. The second-order valence-corrected chi connectivity index (χ2v) is 8.52. The number of carbonyl (C=O) groups is 1. The van der Waals surface area contributed by atoms with Crippen molar-refractivity contribution >= 4 is 11.7 Å². The van der Waals surface area contributed by atoms with Crippen LogP contribution in [0.2, 0.25) is 0 Å². The normalized spacial score (nSPS) is 24.4. The lowest BCUT2D eigenvalue weighted by Crippen LogP contribution is -2.51. The molecule has 150 valence electrons. The van der Waals surface area contributed by atoms with Crippen molar-refractivity contribution in [1.29, 1.82) is 5.26 Å². The standard InChI is InChI=1S/C22H31N5O/c1-17-6-7-18(15-23)21(24-17)25-13-8-20(9-14-25)27-12-4-5-19(16-27)22(28)26-10-2-3-11-26/h6-7,19-20H,2-5,8-14,16H2,1H3/t19-/m1/s1. The van der Waals surface area contributed by atoms with Crippen molar-refractivity contribution < 1.29 is 4.79 Å². The average Bonchev–Trinajstić information content (AvgIpc) is 3.28. The molecule has 1 aromatic heterocycles. The lowest BCUT2D eigenvalue weighted by Gasteiger charge is -2.42. The highest BCUT2D eigenvalue weighted by molar-refractivity contribution is 5.79. The molecule has 1 atom stereocenters. The van der Waals surface area contributed by atoms with Gasteiger partial charge in [0.05, 0.1) is 11.5 Å². The van der Waals surface area contributed by atoms with E-state index in [-0.39, 0.29) is 5.92 Å². The number of rotatable bonds is 3. The molecule has 4 heterocycles. The zero-order valence-corrected chi connectivity index (χ0v) is 16.9. The van der Waals surface area contributed by atoms with E-state index in [1.165, 1.54) is 0 Å². The molecule has 4 rings (SSSR count). The molecule has 0 unspecified atom stereocenters. The summed E-state index contributed by atoms with van der Waals surface area (Å²) in [4.78, 5) is 24.4. The van der Waals surface area contributed by atoms with E-state index < -0.39 is 0 Å². The van der Waals surface area contributed by atoms with Crippen LogP contribution in [0.4, 0.5) is 5.82 Å². The lowest BCUT2D eigenvalue weighted by molar-refractivity contribution is -0.136. The van der Waals surface area contributed by atoms with Gasteiger partial charge in [-0.3, -0.25) is 9.69 Å². The molecule has 3 aliphatic heterocycles. The maximum atomic E-state index is 12.8. The van der Waals surface area contributed by atoms with Crippen molar-refractivity contribution in [3.05, 3.63) is 23.4 Å². The third kappa shape index (κ3) is 4.00. The molecule has 3 fully saturated rings. The van der Waals surface area contributed by atoms with Crippen molar-refractivity contribution in [2.45, 2.75) is 51.5 Å². The topological polar surface area (TPSA) is 63.5 Å². The van der Waals surface area contributed by atoms with E-state index in [1.54, 1.807) is 0 Å². The van der Waals surface area contributed by atoms with Crippen LogP contribution in [0.25, 0.3) is 0 Å². The minimum Gasteiger partial charge on any atom is -0.355 e. The fourth-order valence-corrected chi connectivity index (χ4v) is 5.05. The number of nitriles is 1. The summed E-state index contributed by atoms with van der Waals surface area (Å²) in [5.41, 5.74) is 1.62. The summed E-state index contributed by atoms with van der Waals surface area (Å²) in [6.07, 6.45) is 6.65. The SMILES string of the molecule is Cc1ccc(C#N)c(N2CCC(N3CCC[C@@H](C(=O)N4CCCC4)C3)CC2)n1. The monoisotopic (exact) mass is 381 g/mol. The molecule has 3 aliphatic rings. The van der Waals surface area contributed by atoms with Crippen LogP contribution in [0.3, 0.4) is 0 Å². The first-order valence-corrected chi connectivity index (χ1v) is 10.8. The second kappa shape index (κ2) is 8.48. The van der Waals surface area contributed by atoms with Gasteiger partial charge in [0.15, 0.2) is 0 Å². The van der Waals surface area contributed by atoms with Crippen molar-refractivity contribution in [1.82, 2.24) is 14.8 Å². The van der Waals surface area contributed by atoms with Gasteiger partial charge in [-0.25, -0.2) is 4.98 Å². The maximum absolute atomic E-state index is 12.8. The summed E-state index contributed by atoms with van der Waals surface area (Å²) in [6, 6.07) is 6.61. The van der Waals surface area contributed by atoms with E-state index in [1.807, 2.05) is 19.1 Å². The molecule has 0 aromatic carbocycles. The number of aryl methyl sites for hydroxylation is 1. The number of aromatic nitrogens is 1. The van der Waals surface area contributed by atoms with E-state index in [0.29, 0.717) is 17.5 Å². The van der Waals surface area contributed by atoms with E-state index >= 15 is 0 Å². The van der Waals surface area contributed by atoms with Gasteiger partial charge in [-0.15, -0.1) is 0 Å². The van der Waals surface area contributed by atoms with Crippen LogP contribution >= 0.6 is 0 Å². The van der Waals surface area contributed by atoms with Crippen molar-refractivity contribution in [3.63, 3.8) is 0 Å². The fourth-order valence-electron chi connectivity index (χ4n) is 5.05. The molecule has 0 aliphatic carbocycles. The number of hydrogen-bond acceptors (Lipinski definition) is 5. The Hall–Kier alpha value is -2.13. The Kier molecular flexibility index (Phi) is 5.82. The van der Waals surface area contributed by atoms with Crippen LogP contribution < -0.4 is 4.90 Å². The number of carbonyl (C=O) groups excluding carboxylic acids is 1. The van der Waals surface area contributed by atoms with Gasteiger partial charge in [0.25, 0.3) is 0 Å². The van der Waals surface area contributed by atoms with Gasteiger partial charge >= 0.3 is 0 Å². The summed E-state index contributed by atoms with van der Waals surface area (Å²) in [5, 5.41) is 9.41. The molecule has 0 bridgehead atoms. The van der Waals surface area contributed by atoms with Gasteiger partial charge in [-0.1, -0.05) is 0 Å². The molecule has 1 amide bonds. The highest BCUT2D eigenvalue weighted by Gasteiger charge is 2.34. The third-order valence-electron chi connectivity index (χ3n) is 6.64. The zero-order valence-electron chi connectivity index (χ0n) is 16.9. The maximum Gasteiger partial charge on any atom is 0.226 e. The number of anilines is 1. The van der Waals surface area contributed by atoms with E-state index in [4.69, 9.17) is 0 Å². The zero-order chi connectivity index (χ0) is 19.5. The average molecular weight is 382 g/mol. The summed E-state index contributed by atoms with van der Waals surface area (Å²) in [7, 11) is 0. The number of pyridine rings is 1. The van der Waals surface area contributed by atoms with Gasteiger partial charge in [0, 0.05) is 44.5 Å². The molecule has 3 saturated heterocycles. The fraction of sp³-hybridized carbons (Fsp3) is 0.682. The quantitative estimate of drug-likeness (QED) is 0.805. The number of likely N-dealkylation sites (tertiary alicyclic amines) is 2. The number of hydrogen-bond donors (Lipinski definition) is 0. The molecular weight excluding hydrogens is 350 g/mol. The molecule has 0 N–H and O–H groups in total. The van der Waals surface area contributed by atoms with Gasteiger partial charge in [-0.05, 0) is 64.1 Å². The summed E-state index contributed by atoms with van der Waals surface area (Å²) in [6.45, 7) is 7.78. The van der Waals surface area contributed by atoms with Crippen molar-refractivity contribution in [2.24, 2.45) is 5.92 Å². The van der Waals surface area contributed by atoms with Crippen LogP contribution in [0.1, 0.15) is 49.8 Å². The molecule has 1 aromatic rings. The number of amides is 1. The predicted octanol–water partition coefficient (Wildman–Crippen LogP) is 2.56. The molecular formula is C22H31N5O. The Morgan fingerprint density at radius 1 is 1.07 bits per heavy atom. The summed E-state index contributed by atoms with van der Waals surface area (Å²) < 4.78 is 0. The second-order valence-electron chi connectivity index (χ2n) is 8.52. The highest BCUT2D eigenvalue weighted by Crippen LogP contribution is 2.28.